The maximum Gasteiger partial charge on any atom is 0.0736 e. The van der Waals surface area contributed by atoms with E-state index < -0.39 is 0 Å². The normalized spacial score (nSPS) is 10.6. The van der Waals surface area contributed by atoms with E-state index >= 15 is 0 Å². The van der Waals surface area contributed by atoms with Crippen LogP contribution < -0.4 is 5.32 Å². The number of thiophene rings is 1. The predicted octanol–water partition coefficient (Wildman–Crippen LogP) is 4.21. The topological polar surface area (TPSA) is 21.3 Å². The Morgan fingerprint density at radius 3 is 2.78 bits per heavy atom. The Morgan fingerprint density at radius 1 is 1.22 bits per heavy atom. The summed E-state index contributed by atoms with van der Waals surface area (Å²) in [4.78, 5) is 1.39. The maximum atomic E-state index is 5.48. The lowest BCUT2D eigenvalue weighted by Crippen LogP contribution is -2.03. The lowest BCUT2D eigenvalue weighted by molar-refractivity contribution is 0.134. The minimum absolute atomic E-state index is 0.670. The van der Waals surface area contributed by atoms with Crippen molar-refractivity contribution in [1.29, 1.82) is 0 Å². The molecule has 0 radical (unpaired) electrons. The largest absolute Gasteiger partial charge is 0.380 e. The van der Waals surface area contributed by atoms with Crippen molar-refractivity contribution in [2.45, 2.75) is 27.0 Å². The molecule has 1 aromatic carbocycles. The van der Waals surface area contributed by atoms with Crippen molar-refractivity contribution in [3.05, 3.63) is 51.7 Å². The van der Waals surface area contributed by atoms with Crippen molar-refractivity contribution < 1.29 is 4.74 Å². The summed E-state index contributed by atoms with van der Waals surface area (Å²) < 4.78 is 5.48. The number of rotatable bonds is 6. The van der Waals surface area contributed by atoms with Gasteiger partial charge in [0.2, 0.25) is 0 Å². The number of aryl methyl sites for hydroxylation is 1. The molecule has 1 heterocycles. The van der Waals surface area contributed by atoms with Crippen molar-refractivity contribution in [2.24, 2.45) is 0 Å². The first-order valence-corrected chi connectivity index (χ1v) is 7.11. The van der Waals surface area contributed by atoms with Crippen LogP contribution in [-0.4, -0.2) is 6.61 Å². The fourth-order valence-electron chi connectivity index (χ4n) is 1.79. The lowest BCUT2D eigenvalue weighted by Gasteiger charge is -2.11. The number of ether oxygens (including phenoxy) is 1. The molecule has 1 N–H and O–H groups in total. The number of anilines is 1. The van der Waals surface area contributed by atoms with Crippen LogP contribution >= 0.6 is 11.3 Å². The Morgan fingerprint density at radius 2 is 2.06 bits per heavy atom. The summed E-state index contributed by atoms with van der Waals surface area (Å²) >= 11 is 1.80. The zero-order valence-electron chi connectivity index (χ0n) is 10.9. The molecule has 0 saturated carbocycles. The molecule has 2 aromatic rings. The molecule has 2 nitrogen and oxygen atoms in total. The average molecular weight is 261 g/mol. The average Bonchev–Trinajstić information content (AvgIpc) is 2.80. The Balaban J connectivity index is 2.02. The molecule has 3 heteroatoms. The Hall–Kier alpha value is -1.32. The first-order chi connectivity index (χ1) is 8.81. The van der Waals surface area contributed by atoms with Gasteiger partial charge in [0.25, 0.3) is 0 Å². The van der Waals surface area contributed by atoms with Crippen molar-refractivity contribution in [3.8, 4) is 0 Å². The molecule has 96 valence electrons. The van der Waals surface area contributed by atoms with E-state index in [1.54, 1.807) is 11.3 Å². The first kappa shape index (κ1) is 13.1. The van der Waals surface area contributed by atoms with E-state index in [1.807, 2.05) is 6.92 Å². The fourth-order valence-corrected chi connectivity index (χ4v) is 2.64. The second kappa shape index (κ2) is 6.57. The second-order valence-electron chi connectivity index (χ2n) is 4.17. The van der Waals surface area contributed by atoms with E-state index in [2.05, 4.69) is 48.0 Å². The van der Waals surface area contributed by atoms with Gasteiger partial charge in [-0.25, -0.2) is 0 Å². The van der Waals surface area contributed by atoms with Crippen LogP contribution in [0.15, 0.2) is 35.7 Å². The zero-order valence-corrected chi connectivity index (χ0v) is 11.7. The predicted molar refractivity (Wildman–Crippen MR) is 78.2 cm³/mol. The molecule has 0 saturated heterocycles. The van der Waals surface area contributed by atoms with E-state index in [0.29, 0.717) is 6.61 Å². The third kappa shape index (κ3) is 3.34. The quantitative estimate of drug-likeness (QED) is 0.841. The summed E-state index contributed by atoms with van der Waals surface area (Å²) in [6.07, 6.45) is 0. The van der Waals surface area contributed by atoms with Crippen LogP contribution in [0.3, 0.4) is 0 Å². The van der Waals surface area contributed by atoms with E-state index in [4.69, 9.17) is 4.74 Å². The molecule has 0 aliphatic rings. The van der Waals surface area contributed by atoms with Crippen LogP contribution in [0, 0.1) is 6.92 Å². The van der Waals surface area contributed by atoms with Crippen LogP contribution in [0.2, 0.25) is 0 Å². The smallest absolute Gasteiger partial charge is 0.0736 e. The van der Waals surface area contributed by atoms with Crippen LogP contribution in [0.1, 0.15) is 22.9 Å². The van der Waals surface area contributed by atoms with Crippen LogP contribution in [-0.2, 0) is 17.9 Å². The van der Waals surface area contributed by atoms with Gasteiger partial charge in [0.15, 0.2) is 0 Å². The van der Waals surface area contributed by atoms with E-state index in [9.17, 15) is 0 Å². The van der Waals surface area contributed by atoms with Gasteiger partial charge in [-0.1, -0.05) is 18.2 Å². The number of nitrogens with one attached hydrogen (secondary N) is 1. The zero-order chi connectivity index (χ0) is 12.8. The summed E-state index contributed by atoms with van der Waals surface area (Å²) in [7, 11) is 0. The van der Waals surface area contributed by atoms with E-state index in [0.717, 1.165) is 13.2 Å². The van der Waals surface area contributed by atoms with Gasteiger partial charge in [-0.2, -0.15) is 0 Å². The van der Waals surface area contributed by atoms with Gasteiger partial charge >= 0.3 is 0 Å². The number of para-hydroxylation sites is 1. The standard InChI is InChI=1S/C15H19NOS/c1-3-17-11-13-6-4-5-7-14(13)16-10-15-12(2)8-9-18-15/h4-9,16H,3,10-11H2,1-2H3. The van der Waals surface area contributed by atoms with Gasteiger partial charge in [0, 0.05) is 29.3 Å². The van der Waals surface area contributed by atoms with E-state index in [1.165, 1.54) is 21.7 Å². The van der Waals surface area contributed by atoms with Gasteiger partial charge in [0.1, 0.15) is 0 Å². The highest BCUT2D eigenvalue weighted by atomic mass is 32.1. The Bertz CT molecular complexity index is 493. The van der Waals surface area contributed by atoms with E-state index in [-0.39, 0.29) is 0 Å². The highest BCUT2D eigenvalue weighted by molar-refractivity contribution is 7.10. The van der Waals surface area contributed by atoms with Gasteiger partial charge in [0.05, 0.1) is 6.61 Å². The fraction of sp³-hybridized carbons (Fsp3) is 0.333. The molecular formula is C15H19NOS. The lowest BCUT2D eigenvalue weighted by atomic mass is 10.2. The minimum Gasteiger partial charge on any atom is -0.380 e. The monoisotopic (exact) mass is 261 g/mol. The molecule has 0 bridgehead atoms. The molecule has 1 aromatic heterocycles. The van der Waals surface area contributed by atoms with Gasteiger partial charge < -0.3 is 10.1 Å². The van der Waals surface area contributed by atoms with Crippen molar-refractivity contribution in [2.75, 3.05) is 11.9 Å². The molecule has 2 rings (SSSR count). The molecule has 0 unspecified atom stereocenters. The van der Waals surface area contributed by atoms with Crippen molar-refractivity contribution >= 4 is 17.0 Å². The highest BCUT2D eigenvalue weighted by Crippen LogP contribution is 2.20. The van der Waals surface area contributed by atoms with Crippen molar-refractivity contribution in [3.63, 3.8) is 0 Å². The summed E-state index contributed by atoms with van der Waals surface area (Å²) in [6, 6.07) is 10.5. The number of benzene rings is 1. The SMILES string of the molecule is CCOCc1ccccc1NCc1sccc1C. The van der Waals surface area contributed by atoms with Crippen LogP contribution in [0.4, 0.5) is 5.69 Å². The Kier molecular flexibility index (Phi) is 4.79. The van der Waals surface area contributed by atoms with Crippen LogP contribution in [0.25, 0.3) is 0 Å². The van der Waals surface area contributed by atoms with Crippen molar-refractivity contribution in [1.82, 2.24) is 0 Å². The molecule has 0 aliphatic carbocycles. The first-order valence-electron chi connectivity index (χ1n) is 6.23. The molecule has 18 heavy (non-hydrogen) atoms. The Labute approximate surface area is 113 Å². The third-order valence-corrected chi connectivity index (χ3v) is 3.91. The molecule has 0 spiro atoms. The third-order valence-electron chi connectivity index (χ3n) is 2.89. The highest BCUT2D eigenvalue weighted by Gasteiger charge is 2.03. The molecular weight excluding hydrogens is 242 g/mol. The van der Waals surface area contributed by atoms with Gasteiger partial charge in [-0.15, -0.1) is 11.3 Å². The second-order valence-corrected chi connectivity index (χ2v) is 5.18. The summed E-state index contributed by atoms with van der Waals surface area (Å²) in [6.45, 7) is 6.47. The molecule has 0 atom stereocenters. The molecule has 0 amide bonds. The maximum absolute atomic E-state index is 5.48. The van der Waals surface area contributed by atoms with Crippen LogP contribution in [0.5, 0.6) is 0 Å². The minimum atomic E-state index is 0.670. The summed E-state index contributed by atoms with van der Waals surface area (Å²) in [5.74, 6) is 0. The summed E-state index contributed by atoms with van der Waals surface area (Å²) in [5, 5.41) is 5.63. The number of hydrogen-bond donors (Lipinski definition) is 1. The van der Waals surface area contributed by atoms with Gasteiger partial charge in [-0.05, 0) is 36.9 Å². The van der Waals surface area contributed by atoms with Gasteiger partial charge in [-0.3, -0.25) is 0 Å². The molecule has 0 fully saturated rings. The molecule has 0 aliphatic heterocycles. The summed E-state index contributed by atoms with van der Waals surface area (Å²) in [5.41, 5.74) is 3.74. The number of hydrogen-bond acceptors (Lipinski definition) is 3.